The third-order valence-corrected chi connectivity index (χ3v) is 2.01. The van der Waals surface area contributed by atoms with Crippen LogP contribution >= 0.6 is 0 Å². The molecule has 0 amide bonds. The molecule has 1 aromatic heterocycles. The Kier molecular flexibility index (Phi) is 4.02. The van der Waals surface area contributed by atoms with E-state index in [1.165, 1.54) is 5.01 Å². The first kappa shape index (κ1) is 11.4. The molecule has 0 aliphatic heterocycles. The van der Waals surface area contributed by atoms with Crippen molar-refractivity contribution in [2.45, 2.75) is 13.3 Å². The Bertz CT molecular complexity index is 334. The molecule has 6 nitrogen and oxygen atoms in total. The van der Waals surface area contributed by atoms with Crippen molar-refractivity contribution < 1.29 is 0 Å². The number of hydrogen-bond acceptors (Lipinski definition) is 6. The lowest BCUT2D eigenvalue weighted by molar-refractivity contribution is 0.853. The first-order valence-electron chi connectivity index (χ1n) is 4.69. The minimum Gasteiger partial charge on any atom is -0.400 e. The SMILES string of the molecule is CC/C(=C(/N)CN)N(N)c1cnccn1. The zero-order chi connectivity index (χ0) is 11.3. The Morgan fingerprint density at radius 2 is 2.20 bits per heavy atom. The first-order valence-corrected chi connectivity index (χ1v) is 4.69. The number of nitrogens with two attached hydrogens (primary N) is 3. The molecule has 6 heteroatoms. The summed E-state index contributed by atoms with van der Waals surface area (Å²) in [7, 11) is 0. The van der Waals surface area contributed by atoms with Crippen molar-refractivity contribution in [1.82, 2.24) is 9.97 Å². The fourth-order valence-corrected chi connectivity index (χ4v) is 1.22. The van der Waals surface area contributed by atoms with Crippen LogP contribution in [0.1, 0.15) is 13.3 Å². The summed E-state index contributed by atoms with van der Waals surface area (Å²) in [4.78, 5) is 8.00. The molecule has 1 rings (SSSR count). The molecule has 1 heterocycles. The van der Waals surface area contributed by atoms with Crippen molar-refractivity contribution in [2.24, 2.45) is 17.3 Å². The van der Waals surface area contributed by atoms with Crippen LogP contribution in [0.5, 0.6) is 0 Å². The van der Waals surface area contributed by atoms with E-state index in [1.54, 1.807) is 18.6 Å². The highest BCUT2D eigenvalue weighted by molar-refractivity contribution is 5.42. The summed E-state index contributed by atoms with van der Waals surface area (Å²) in [5.41, 5.74) is 12.5. The summed E-state index contributed by atoms with van der Waals surface area (Å²) in [5, 5.41) is 1.41. The fourth-order valence-electron chi connectivity index (χ4n) is 1.22. The predicted molar refractivity (Wildman–Crippen MR) is 59.3 cm³/mol. The van der Waals surface area contributed by atoms with Crippen LogP contribution in [0, 0.1) is 0 Å². The van der Waals surface area contributed by atoms with Crippen molar-refractivity contribution in [1.29, 1.82) is 0 Å². The molecule has 0 aliphatic rings. The average molecular weight is 208 g/mol. The highest BCUT2D eigenvalue weighted by Gasteiger charge is 2.10. The number of allylic oxidation sites excluding steroid dienone is 1. The van der Waals surface area contributed by atoms with Crippen LogP contribution in [0.2, 0.25) is 0 Å². The summed E-state index contributed by atoms with van der Waals surface area (Å²) in [6.07, 6.45) is 5.41. The van der Waals surface area contributed by atoms with Crippen molar-refractivity contribution in [2.75, 3.05) is 11.6 Å². The molecule has 0 saturated carbocycles. The van der Waals surface area contributed by atoms with Gasteiger partial charge in [-0.15, -0.1) is 0 Å². The summed E-state index contributed by atoms with van der Waals surface area (Å²) >= 11 is 0. The van der Waals surface area contributed by atoms with Gasteiger partial charge in [0.2, 0.25) is 0 Å². The van der Waals surface area contributed by atoms with Crippen LogP contribution in [0.25, 0.3) is 0 Å². The third-order valence-electron chi connectivity index (χ3n) is 2.01. The van der Waals surface area contributed by atoms with Crippen LogP contribution in [0.15, 0.2) is 30.0 Å². The number of hydrogen-bond donors (Lipinski definition) is 3. The van der Waals surface area contributed by atoms with Gasteiger partial charge in [0.1, 0.15) is 0 Å². The molecule has 0 fully saturated rings. The van der Waals surface area contributed by atoms with E-state index in [0.717, 1.165) is 5.70 Å². The van der Waals surface area contributed by atoms with Crippen molar-refractivity contribution >= 4 is 5.82 Å². The Balaban J connectivity index is 2.97. The highest BCUT2D eigenvalue weighted by Crippen LogP contribution is 2.14. The lowest BCUT2D eigenvalue weighted by Gasteiger charge is -2.21. The van der Waals surface area contributed by atoms with Crippen molar-refractivity contribution in [3.05, 3.63) is 30.0 Å². The molecule has 0 saturated heterocycles. The first-order chi connectivity index (χ1) is 7.20. The Morgan fingerprint density at radius 1 is 1.47 bits per heavy atom. The van der Waals surface area contributed by atoms with Gasteiger partial charge in [0, 0.05) is 24.6 Å². The number of aromatic nitrogens is 2. The van der Waals surface area contributed by atoms with Gasteiger partial charge in [-0.1, -0.05) is 6.92 Å². The van der Waals surface area contributed by atoms with Crippen LogP contribution in [0.4, 0.5) is 5.82 Å². The molecule has 82 valence electrons. The molecule has 0 radical (unpaired) electrons. The molecule has 0 unspecified atom stereocenters. The van der Waals surface area contributed by atoms with Gasteiger partial charge in [0.15, 0.2) is 5.82 Å². The second kappa shape index (κ2) is 5.28. The second-order valence-corrected chi connectivity index (χ2v) is 2.96. The van der Waals surface area contributed by atoms with E-state index in [2.05, 4.69) is 9.97 Å². The summed E-state index contributed by atoms with van der Waals surface area (Å²) in [5.74, 6) is 6.41. The quantitative estimate of drug-likeness (QED) is 0.463. The van der Waals surface area contributed by atoms with Gasteiger partial charge in [-0.3, -0.25) is 9.99 Å². The highest BCUT2D eigenvalue weighted by atomic mass is 15.4. The second-order valence-electron chi connectivity index (χ2n) is 2.96. The summed E-state index contributed by atoms with van der Waals surface area (Å²) in [6, 6.07) is 0. The molecule has 0 aromatic carbocycles. The number of rotatable bonds is 4. The number of nitrogens with zero attached hydrogens (tertiary/aromatic N) is 3. The molecular weight excluding hydrogens is 192 g/mol. The Morgan fingerprint density at radius 3 is 2.67 bits per heavy atom. The number of anilines is 1. The molecule has 0 atom stereocenters. The van der Waals surface area contributed by atoms with Crippen LogP contribution in [-0.2, 0) is 0 Å². The standard InChI is InChI=1S/C9H16N6/c1-2-8(7(11)5-10)15(12)9-6-13-3-4-14-9/h3-4,6H,2,5,10-12H2,1H3/b8-7-. The normalized spacial score (nSPS) is 12.2. The zero-order valence-corrected chi connectivity index (χ0v) is 8.72. The Labute approximate surface area is 88.8 Å². The lowest BCUT2D eigenvalue weighted by atomic mass is 10.2. The van der Waals surface area contributed by atoms with E-state index in [0.29, 0.717) is 17.9 Å². The smallest absolute Gasteiger partial charge is 0.165 e. The van der Waals surface area contributed by atoms with Crippen molar-refractivity contribution in [3.63, 3.8) is 0 Å². The van der Waals surface area contributed by atoms with E-state index in [9.17, 15) is 0 Å². The molecule has 0 bridgehead atoms. The molecular formula is C9H16N6. The van der Waals surface area contributed by atoms with Gasteiger partial charge < -0.3 is 11.5 Å². The molecule has 1 aromatic rings. The van der Waals surface area contributed by atoms with Crippen molar-refractivity contribution in [3.8, 4) is 0 Å². The Hall–Kier alpha value is -1.66. The van der Waals surface area contributed by atoms with Gasteiger partial charge >= 0.3 is 0 Å². The minimum absolute atomic E-state index is 0.275. The average Bonchev–Trinajstić information content (AvgIpc) is 2.30. The fraction of sp³-hybridized carbons (Fsp3) is 0.333. The largest absolute Gasteiger partial charge is 0.400 e. The van der Waals surface area contributed by atoms with E-state index in [1.807, 2.05) is 6.92 Å². The van der Waals surface area contributed by atoms with Gasteiger partial charge in [0.05, 0.1) is 11.9 Å². The topological polar surface area (TPSA) is 107 Å². The predicted octanol–water partition coefficient (Wildman–Crippen LogP) is -0.304. The maximum absolute atomic E-state index is 5.86. The summed E-state index contributed by atoms with van der Waals surface area (Å²) < 4.78 is 0. The molecule has 0 aliphatic carbocycles. The van der Waals surface area contributed by atoms with Crippen LogP contribution < -0.4 is 22.3 Å². The maximum atomic E-state index is 5.86. The maximum Gasteiger partial charge on any atom is 0.165 e. The molecule has 0 spiro atoms. The van der Waals surface area contributed by atoms with Gasteiger partial charge in [-0.05, 0) is 6.42 Å². The minimum atomic E-state index is 0.275. The van der Waals surface area contributed by atoms with Gasteiger partial charge in [-0.25, -0.2) is 10.8 Å². The molecule has 6 N–H and O–H groups in total. The van der Waals surface area contributed by atoms with Gasteiger partial charge in [-0.2, -0.15) is 0 Å². The van der Waals surface area contributed by atoms with E-state index in [-0.39, 0.29) is 6.54 Å². The van der Waals surface area contributed by atoms with Gasteiger partial charge in [0.25, 0.3) is 0 Å². The van der Waals surface area contributed by atoms with E-state index < -0.39 is 0 Å². The molecule has 15 heavy (non-hydrogen) atoms. The van der Waals surface area contributed by atoms with Crippen LogP contribution in [-0.4, -0.2) is 16.5 Å². The number of hydrazine groups is 1. The van der Waals surface area contributed by atoms with Crippen LogP contribution in [0.3, 0.4) is 0 Å². The monoisotopic (exact) mass is 208 g/mol. The third kappa shape index (κ3) is 2.64. The lowest BCUT2D eigenvalue weighted by Crippen LogP contribution is -2.34. The van der Waals surface area contributed by atoms with E-state index in [4.69, 9.17) is 17.3 Å². The summed E-state index contributed by atoms with van der Waals surface area (Å²) in [6.45, 7) is 2.23. The zero-order valence-electron chi connectivity index (χ0n) is 8.72. The van der Waals surface area contributed by atoms with E-state index >= 15 is 0 Å².